The van der Waals surface area contributed by atoms with Crippen LogP contribution in [0.2, 0.25) is 0 Å². The second-order valence-corrected chi connectivity index (χ2v) is 15.5. The number of benzene rings is 5. The number of allylic oxidation sites excluding steroid dienone is 8. The van der Waals surface area contributed by atoms with Gasteiger partial charge in [0.25, 0.3) is 0 Å². The van der Waals surface area contributed by atoms with E-state index in [4.69, 9.17) is 9.97 Å². The van der Waals surface area contributed by atoms with Crippen LogP contribution in [0, 0.1) is 0 Å². The lowest BCUT2D eigenvalue weighted by Crippen LogP contribution is -2.11. The molecule has 2 heterocycles. The number of hydrogen-bond donors (Lipinski definition) is 1. The van der Waals surface area contributed by atoms with Gasteiger partial charge in [-0.25, -0.2) is 9.97 Å². The molecule has 0 bridgehead atoms. The zero-order valence-electron chi connectivity index (χ0n) is 34.0. The van der Waals surface area contributed by atoms with Crippen molar-refractivity contribution >= 4 is 61.4 Å². The monoisotopic (exact) mass is 751 g/mol. The van der Waals surface area contributed by atoms with Crippen LogP contribution in [0.15, 0.2) is 146 Å². The van der Waals surface area contributed by atoms with E-state index in [1.807, 2.05) is 20.0 Å². The average molecular weight is 752 g/mol. The number of aromatic nitrogens is 2. The fourth-order valence-electron chi connectivity index (χ4n) is 9.24. The smallest absolute Gasteiger partial charge is 0.0972 e. The lowest BCUT2D eigenvalue weighted by atomic mass is 9.80. The highest BCUT2D eigenvalue weighted by atomic mass is 14.8. The van der Waals surface area contributed by atoms with Gasteiger partial charge in [-0.1, -0.05) is 128 Å². The molecule has 3 heteroatoms. The molecule has 0 spiro atoms. The Morgan fingerprint density at radius 2 is 1.59 bits per heavy atom. The van der Waals surface area contributed by atoms with Crippen LogP contribution < -0.4 is 5.32 Å². The van der Waals surface area contributed by atoms with E-state index < -0.39 is 0 Å². The third-order valence-corrected chi connectivity index (χ3v) is 12.2. The molecule has 1 N–H and O–H groups in total. The van der Waals surface area contributed by atoms with Crippen molar-refractivity contribution < 1.29 is 0 Å². The molecule has 7 aromatic rings. The van der Waals surface area contributed by atoms with Gasteiger partial charge in [-0.05, 0) is 149 Å². The highest BCUT2D eigenvalue weighted by molar-refractivity contribution is 6.04. The van der Waals surface area contributed by atoms with Crippen molar-refractivity contribution in [3.63, 3.8) is 0 Å². The number of fused-ring (bicyclic) bond motifs is 7. The van der Waals surface area contributed by atoms with E-state index >= 15 is 0 Å². The molecule has 0 saturated carbocycles. The number of aryl methyl sites for hydroxylation is 1. The molecule has 284 valence electrons. The van der Waals surface area contributed by atoms with Gasteiger partial charge in [-0.3, -0.25) is 0 Å². The van der Waals surface area contributed by atoms with Crippen LogP contribution in [0.5, 0.6) is 0 Å². The third-order valence-electron chi connectivity index (χ3n) is 12.2. The average Bonchev–Trinajstić information content (AvgIpc) is 3.28. The first-order valence-corrected chi connectivity index (χ1v) is 20.7. The summed E-state index contributed by atoms with van der Waals surface area (Å²) in [6.07, 6.45) is 20.3. The predicted octanol–water partition coefficient (Wildman–Crippen LogP) is 13.8. The quantitative estimate of drug-likeness (QED) is 0.118. The van der Waals surface area contributed by atoms with Crippen LogP contribution in [0.25, 0.3) is 72.7 Å². The Balaban J connectivity index is 1.09. The summed E-state index contributed by atoms with van der Waals surface area (Å²) in [7, 11) is 2.00. The van der Waals surface area contributed by atoms with Crippen molar-refractivity contribution in [3.05, 3.63) is 196 Å². The molecule has 0 aliphatic heterocycles. The molecule has 0 radical (unpaired) electrons. The zero-order chi connectivity index (χ0) is 39.8. The maximum atomic E-state index is 5.28. The van der Waals surface area contributed by atoms with Crippen LogP contribution in [-0.4, -0.2) is 17.0 Å². The highest BCUT2D eigenvalue weighted by Crippen LogP contribution is 2.41. The summed E-state index contributed by atoms with van der Waals surface area (Å²) in [6, 6.07) is 38.0. The van der Waals surface area contributed by atoms with Gasteiger partial charge in [0.05, 0.1) is 22.4 Å². The molecule has 2 aliphatic carbocycles. The fourth-order valence-corrected chi connectivity index (χ4v) is 9.24. The van der Waals surface area contributed by atoms with Crippen LogP contribution in [0.1, 0.15) is 83.8 Å². The second-order valence-electron chi connectivity index (χ2n) is 15.5. The maximum Gasteiger partial charge on any atom is 0.0972 e. The topological polar surface area (TPSA) is 37.8 Å². The molecule has 3 nitrogen and oxygen atoms in total. The summed E-state index contributed by atoms with van der Waals surface area (Å²) in [5.74, 6) is 0. The number of nitrogens with zero attached hydrogens (tertiary/aromatic N) is 2. The van der Waals surface area contributed by atoms with Crippen LogP contribution in [0.4, 0.5) is 0 Å². The maximum absolute atomic E-state index is 5.28. The molecule has 58 heavy (non-hydrogen) atoms. The Morgan fingerprint density at radius 1 is 0.793 bits per heavy atom. The molecule has 0 unspecified atom stereocenters. The van der Waals surface area contributed by atoms with Crippen molar-refractivity contribution in [2.24, 2.45) is 0 Å². The van der Waals surface area contributed by atoms with Crippen LogP contribution >= 0.6 is 0 Å². The number of nitrogens with one attached hydrogen (secondary N) is 1. The Bertz CT molecular complexity index is 2950. The van der Waals surface area contributed by atoms with E-state index in [2.05, 4.69) is 165 Å². The van der Waals surface area contributed by atoms with E-state index in [9.17, 15) is 0 Å². The molecule has 0 saturated heterocycles. The Kier molecular flexibility index (Phi) is 10.1. The third kappa shape index (κ3) is 6.71. The minimum absolute atomic E-state index is 0.851. The van der Waals surface area contributed by atoms with Crippen LogP contribution in [-0.2, 0) is 19.3 Å². The van der Waals surface area contributed by atoms with Gasteiger partial charge in [-0.15, -0.1) is 0 Å². The Labute approximate surface area is 342 Å². The zero-order valence-corrected chi connectivity index (χ0v) is 34.0. The number of hydrogen-bond acceptors (Lipinski definition) is 3. The Hall–Kier alpha value is -6.58. The Morgan fingerprint density at radius 3 is 2.38 bits per heavy atom. The van der Waals surface area contributed by atoms with Crippen molar-refractivity contribution in [2.45, 2.75) is 52.9 Å². The molecule has 0 amide bonds. The van der Waals surface area contributed by atoms with Crippen molar-refractivity contribution in [1.82, 2.24) is 15.3 Å². The van der Waals surface area contributed by atoms with Crippen LogP contribution in [0.3, 0.4) is 0 Å². The van der Waals surface area contributed by atoms with E-state index in [0.717, 1.165) is 82.1 Å². The molecule has 0 fully saturated rings. The summed E-state index contributed by atoms with van der Waals surface area (Å²) < 4.78 is 0. The van der Waals surface area contributed by atoms with E-state index in [1.165, 1.54) is 66.4 Å². The first kappa shape index (κ1) is 37.0. The molecule has 0 atom stereocenters. The van der Waals surface area contributed by atoms with Gasteiger partial charge in [0.15, 0.2) is 0 Å². The minimum atomic E-state index is 0.851. The summed E-state index contributed by atoms with van der Waals surface area (Å²) in [6.45, 7) is 10.5. The molecule has 5 aromatic carbocycles. The van der Waals surface area contributed by atoms with Gasteiger partial charge in [0.1, 0.15) is 0 Å². The first-order valence-electron chi connectivity index (χ1n) is 20.7. The molecule has 9 rings (SSSR count). The molecule has 2 aliphatic rings. The first-order chi connectivity index (χ1) is 28.5. The van der Waals surface area contributed by atoms with Gasteiger partial charge >= 0.3 is 0 Å². The van der Waals surface area contributed by atoms with E-state index in [-0.39, 0.29) is 0 Å². The molecular weight excluding hydrogens is 703 g/mol. The largest absolute Gasteiger partial charge is 0.388 e. The van der Waals surface area contributed by atoms with Gasteiger partial charge in [0, 0.05) is 29.1 Å². The van der Waals surface area contributed by atoms with E-state index in [0.29, 0.717) is 0 Å². The van der Waals surface area contributed by atoms with Crippen molar-refractivity contribution in [2.75, 3.05) is 7.05 Å². The lowest BCUT2D eigenvalue weighted by Gasteiger charge is -2.25. The second kappa shape index (κ2) is 15.8. The predicted molar refractivity (Wildman–Crippen MR) is 250 cm³/mol. The molecule has 2 aromatic heterocycles. The van der Waals surface area contributed by atoms with Gasteiger partial charge < -0.3 is 5.32 Å². The summed E-state index contributed by atoms with van der Waals surface area (Å²) in [5.41, 5.74) is 20.6. The normalized spacial score (nSPS) is 14.4. The fraction of sp³-hybridized carbons (Fsp3) is 0.164. The summed E-state index contributed by atoms with van der Waals surface area (Å²) in [5, 5.41) is 8.27. The minimum Gasteiger partial charge on any atom is -0.388 e. The number of pyridine rings is 2. The molecular formula is C55H49N3. The number of rotatable bonds is 9. The summed E-state index contributed by atoms with van der Waals surface area (Å²) in [4.78, 5) is 10.4. The standard InChI is InChI=1S/C55H49N3/c1-6-14-37(7-2)51-29-27-39-23-24-40-28-30-52(58-55(40)54(39)57-51)43-26-22-38-21-25-42(33-44(38)34-43)41-16-13-15-36(31-41)32-49-47-19-10-9-17-45(47)46-18-11-12-20-48(46)53(49)35(4)50(8-3)56-5/h6-11,13-19,22-24,26-31,33-34,56H,3,12,20-21,25,32H2,1-2,4-5H3/b14-6-,37-7+,50-35-. The van der Waals surface area contributed by atoms with Gasteiger partial charge in [0.2, 0.25) is 0 Å². The summed E-state index contributed by atoms with van der Waals surface area (Å²) >= 11 is 0. The number of likely N-dealkylation sites (N-methyl/N-ethyl adjacent to an activating group) is 1. The van der Waals surface area contributed by atoms with Crippen molar-refractivity contribution in [1.29, 1.82) is 0 Å². The lowest BCUT2D eigenvalue weighted by molar-refractivity contribution is 0.970. The highest BCUT2D eigenvalue weighted by Gasteiger charge is 2.22. The SMILES string of the molecule is C=C/C(NC)=C(\C)c1c2c(c3ccccc3c1Cc1cccc(C3=Cc4cc(-c5ccc6ccc7ccc(C(/C=C\C)=C/C)nc7c6n5)ccc4CC3)c1)C=CCC2. The van der Waals surface area contributed by atoms with Gasteiger partial charge in [-0.2, -0.15) is 0 Å². The van der Waals surface area contributed by atoms with E-state index in [1.54, 1.807) is 0 Å². The van der Waals surface area contributed by atoms with Crippen molar-refractivity contribution in [3.8, 4) is 11.3 Å².